The quantitative estimate of drug-likeness (QED) is 0.214. The molecule has 3 rings (SSSR count). The topological polar surface area (TPSA) is 169 Å². The second kappa shape index (κ2) is 14.9. The SMILES string of the molecule is CC(=O)NC(O)(C(Cc1ccccc1)N1C(=O)C(C(C)C)N(C(C)=O)C=C1c1cc(OC(C)=O)c(OC(C)=O)c(OC(C)=O)c1)C(F)(F)F. The Kier molecular flexibility index (Phi) is 11.6. The van der Waals surface area contributed by atoms with Crippen molar-refractivity contribution in [2.24, 2.45) is 5.92 Å². The first-order valence-corrected chi connectivity index (χ1v) is 14.9. The highest BCUT2D eigenvalue weighted by molar-refractivity contribution is 5.98. The van der Waals surface area contributed by atoms with Crippen LogP contribution in [0.4, 0.5) is 13.2 Å². The standard InChI is InChI=1S/C33H36F3N3O10/c1-17(2)29-31(45)39(28(13-23-11-9-8-10-12-23)32(46,33(34,35)36)37-18(3)40)25(16-38(29)19(4)41)24-14-26(47-20(5)42)30(49-22(7)44)27(15-24)48-21(6)43/h8-12,14-17,28-29,46H,13H2,1-7H3,(H,37,40). The Morgan fingerprint density at radius 1 is 0.878 bits per heavy atom. The third kappa shape index (κ3) is 8.62. The van der Waals surface area contributed by atoms with E-state index in [0.717, 1.165) is 57.9 Å². The molecule has 2 N–H and O–H groups in total. The van der Waals surface area contributed by atoms with Crippen LogP contribution in [0.25, 0.3) is 5.70 Å². The van der Waals surface area contributed by atoms with Crippen molar-refractivity contribution in [2.75, 3.05) is 0 Å². The van der Waals surface area contributed by atoms with Gasteiger partial charge in [0.1, 0.15) is 6.04 Å². The first-order valence-electron chi connectivity index (χ1n) is 14.9. The molecule has 0 saturated carbocycles. The van der Waals surface area contributed by atoms with E-state index in [-0.39, 0.29) is 11.1 Å². The summed E-state index contributed by atoms with van der Waals surface area (Å²) in [6.45, 7) is 7.96. The molecule has 0 spiro atoms. The van der Waals surface area contributed by atoms with Gasteiger partial charge in [0.25, 0.3) is 11.6 Å². The lowest BCUT2D eigenvalue weighted by Crippen LogP contribution is -2.72. The molecule has 0 bridgehead atoms. The average Bonchev–Trinajstić information content (AvgIpc) is 2.95. The van der Waals surface area contributed by atoms with Crippen molar-refractivity contribution in [3.63, 3.8) is 0 Å². The van der Waals surface area contributed by atoms with Crippen molar-refractivity contribution in [1.29, 1.82) is 0 Å². The highest BCUT2D eigenvalue weighted by Gasteiger charge is 2.63. The fourth-order valence-corrected chi connectivity index (χ4v) is 5.39. The van der Waals surface area contributed by atoms with Gasteiger partial charge in [-0.05, 0) is 30.0 Å². The maximum atomic E-state index is 15.0. The number of carbonyl (C=O) groups excluding carboxylic acids is 6. The minimum Gasteiger partial charge on any atom is -0.423 e. The molecule has 0 fully saturated rings. The average molecular weight is 692 g/mol. The van der Waals surface area contributed by atoms with Gasteiger partial charge in [-0.2, -0.15) is 13.2 Å². The van der Waals surface area contributed by atoms with Crippen LogP contribution in [-0.2, 0) is 35.2 Å². The maximum Gasteiger partial charge on any atom is 0.438 e. The van der Waals surface area contributed by atoms with Crippen LogP contribution in [-0.4, -0.2) is 74.5 Å². The van der Waals surface area contributed by atoms with E-state index < -0.39 is 94.9 Å². The number of alkyl halides is 3. The largest absolute Gasteiger partial charge is 0.438 e. The monoisotopic (exact) mass is 691 g/mol. The summed E-state index contributed by atoms with van der Waals surface area (Å²) >= 11 is 0. The zero-order valence-electron chi connectivity index (χ0n) is 27.7. The van der Waals surface area contributed by atoms with Crippen molar-refractivity contribution in [3.8, 4) is 17.2 Å². The molecule has 3 atom stereocenters. The predicted octanol–water partition coefficient (Wildman–Crippen LogP) is 3.47. The van der Waals surface area contributed by atoms with Crippen LogP contribution in [0.3, 0.4) is 0 Å². The minimum atomic E-state index is -5.58. The number of benzene rings is 2. The van der Waals surface area contributed by atoms with Crippen LogP contribution in [0.2, 0.25) is 0 Å². The summed E-state index contributed by atoms with van der Waals surface area (Å²) in [5, 5.41) is 13.1. The highest BCUT2D eigenvalue weighted by atomic mass is 19.4. The lowest BCUT2D eigenvalue weighted by molar-refractivity contribution is -0.287. The van der Waals surface area contributed by atoms with E-state index in [1.807, 2.05) is 0 Å². The van der Waals surface area contributed by atoms with Gasteiger partial charge in [0.15, 0.2) is 11.5 Å². The van der Waals surface area contributed by atoms with Gasteiger partial charge in [0, 0.05) is 46.4 Å². The van der Waals surface area contributed by atoms with Crippen molar-refractivity contribution in [3.05, 3.63) is 59.8 Å². The van der Waals surface area contributed by atoms with Gasteiger partial charge >= 0.3 is 24.1 Å². The Morgan fingerprint density at radius 2 is 1.39 bits per heavy atom. The third-order valence-electron chi connectivity index (χ3n) is 7.24. The Balaban J connectivity index is 2.54. The lowest BCUT2D eigenvalue weighted by atomic mass is 9.88. The normalized spacial score (nSPS) is 16.7. The van der Waals surface area contributed by atoms with Gasteiger partial charge < -0.3 is 29.5 Å². The molecule has 1 aliphatic heterocycles. The van der Waals surface area contributed by atoms with Gasteiger partial charge in [-0.15, -0.1) is 0 Å². The molecule has 0 radical (unpaired) electrons. The highest BCUT2D eigenvalue weighted by Crippen LogP contribution is 2.45. The summed E-state index contributed by atoms with van der Waals surface area (Å²) in [7, 11) is 0. The second-order valence-electron chi connectivity index (χ2n) is 11.6. The van der Waals surface area contributed by atoms with Crippen molar-refractivity contribution in [1.82, 2.24) is 15.1 Å². The number of nitrogens with zero attached hydrogens (tertiary/aromatic N) is 2. The maximum absolute atomic E-state index is 15.0. The summed E-state index contributed by atoms with van der Waals surface area (Å²) in [6.07, 6.45) is -5.21. The summed E-state index contributed by atoms with van der Waals surface area (Å²) in [5.74, 6) is -8.20. The Labute approximate surface area is 279 Å². The lowest BCUT2D eigenvalue weighted by Gasteiger charge is -2.49. The summed E-state index contributed by atoms with van der Waals surface area (Å²) < 4.78 is 60.7. The van der Waals surface area contributed by atoms with E-state index in [4.69, 9.17) is 14.2 Å². The fraction of sp³-hybridized carbons (Fsp3) is 0.394. The van der Waals surface area contributed by atoms with Crippen LogP contribution < -0.4 is 19.5 Å². The Bertz CT molecular complexity index is 1640. The first kappa shape index (κ1) is 38.2. The summed E-state index contributed by atoms with van der Waals surface area (Å²) in [4.78, 5) is 77.5. The zero-order valence-corrected chi connectivity index (χ0v) is 27.7. The molecule has 1 heterocycles. The number of hydrogen-bond donors (Lipinski definition) is 2. The van der Waals surface area contributed by atoms with Crippen LogP contribution in [0.1, 0.15) is 59.6 Å². The summed E-state index contributed by atoms with van der Waals surface area (Å²) in [6, 6.07) is 5.82. The molecule has 0 aromatic heterocycles. The molecule has 0 saturated heterocycles. The number of esters is 3. The predicted molar refractivity (Wildman–Crippen MR) is 165 cm³/mol. The smallest absolute Gasteiger partial charge is 0.423 e. The number of hydrogen-bond acceptors (Lipinski definition) is 10. The number of amides is 3. The molecule has 3 amide bonds. The molecular weight excluding hydrogens is 655 g/mol. The fourth-order valence-electron chi connectivity index (χ4n) is 5.39. The van der Waals surface area contributed by atoms with Crippen LogP contribution in [0, 0.1) is 5.92 Å². The molecule has 2 aromatic rings. The molecule has 3 unspecified atom stereocenters. The molecule has 13 nitrogen and oxygen atoms in total. The first-order chi connectivity index (χ1) is 22.7. The van der Waals surface area contributed by atoms with Crippen molar-refractivity contribution >= 4 is 41.3 Å². The van der Waals surface area contributed by atoms with E-state index in [1.165, 1.54) is 24.3 Å². The van der Waals surface area contributed by atoms with Gasteiger partial charge in [0.2, 0.25) is 17.6 Å². The van der Waals surface area contributed by atoms with Crippen molar-refractivity contribution in [2.45, 2.75) is 78.9 Å². The zero-order chi connectivity index (χ0) is 37.0. The van der Waals surface area contributed by atoms with Crippen molar-refractivity contribution < 1.29 is 61.3 Å². The Hall–Kier alpha value is -5.25. The number of aliphatic hydroxyl groups is 1. The minimum absolute atomic E-state index is 0.217. The van der Waals surface area contributed by atoms with Crippen LogP contribution >= 0.6 is 0 Å². The molecule has 2 aromatic carbocycles. The van der Waals surface area contributed by atoms with Crippen LogP contribution in [0.5, 0.6) is 17.2 Å². The van der Waals surface area contributed by atoms with E-state index in [9.17, 15) is 33.9 Å². The van der Waals surface area contributed by atoms with Gasteiger partial charge in [0.05, 0.1) is 11.7 Å². The number of ether oxygens (including phenoxy) is 3. The molecule has 16 heteroatoms. The number of halogens is 3. The van der Waals surface area contributed by atoms with Gasteiger partial charge in [-0.3, -0.25) is 33.7 Å². The Morgan fingerprint density at radius 3 is 1.80 bits per heavy atom. The van der Waals surface area contributed by atoms with Gasteiger partial charge in [-0.1, -0.05) is 44.2 Å². The van der Waals surface area contributed by atoms with E-state index in [0.29, 0.717) is 4.90 Å². The third-order valence-corrected chi connectivity index (χ3v) is 7.24. The van der Waals surface area contributed by atoms with Gasteiger partial charge in [-0.25, -0.2) is 0 Å². The molecule has 49 heavy (non-hydrogen) atoms. The van der Waals surface area contributed by atoms with E-state index >= 15 is 13.2 Å². The molecular formula is C33H36F3N3O10. The molecule has 264 valence electrons. The number of nitrogens with one attached hydrogen (secondary N) is 1. The summed E-state index contributed by atoms with van der Waals surface area (Å²) in [5.41, 5.74) is -4.62. The number of carbonyl (C=O) groups is 6. The molecule has 1 aliphatic rings. The molecule has 0 aliphatic carbocycles. The number of rotatable bonds is 10. The van der Waals surface area contributed by atoms with E-state index in [1.54, 1.807) is 25.2 Å². The van der Waals surface area contributed by atoms with E-state index in [2.05, 4.69) is 0 Å². The van der Waals surface area contributed by atoms with Crippen LogP contribution in [0.15, 0.2) is 48.7 Å². The second-order valence-corrected chi connectivity index (χ2v) is 11.6.